The molecule has 8 nitrogen and oxygen atoms in total. The highest BCUT2D eigenvalue weighted by atomic mass is 16.5. The zero-order valence-electron chi connectivity index (χ0n) is 23.1. The number of carbonyl (C=O) groups excluding carboxylic acids is 2. The highest BCUT2D eigenvalue weighted by Crippen LogP contribution is 2.37. The van der Waals surface area contributed by atoms with Crippen molar-refractivity contribution in [1.82, 2.24) is 25.2 Å². The second-order valence-electron chi connectivity index (χ2n) is 11.4. The van der Waals surface area contributed by atoms with Crippen molar-refractivity contribution in [3.63, 3.8) is 0 Å². The van der Waals surface area contributed by atoms with Crippen molar-refractivity contribution < 1.29 is 14.3 Å². The van der Waals surface area contributed by atoms with E-state index in [4.69, 9.17) is 9.72 Å². The van der Waals surface area contributed by atoms with Crippen LogP contribution >= 0.6 is 0 Å². The summed E-state index contributed by atoms with van der Waals surface area (Å²) in [5.74, 6) is 1.44. The average molecular weight is 508 g/mol. The van der Waals surface area contributed by atoms with Crippen LogP contribution in [-0.2, 0) is 6.42 Å². The van der Waals surface area contributed by atoms with Gasteiger partial charge in [0.05, 0.1) is 23.7 Å². The molecule has 0 bridgehead atoms. The number of ketones is 1. The van der Waals surface area contributed by atoms with E-state index in [9.17, 15) is 9.59 Å². The van der Waals surface area contributed by atoms with Crippen molar-refractivity contribution in [1.29, 1.82) is 0 Å². The molecule has 0 saturated heterocycles. The van der Waals surface area contributed by atoms with Crippen molar-refractivity contribution >= 4 is 22.7 Å². The van der Waals surface area contributed by atoms with E-state index in [2.05, 4.69) is 55.1 Å². The number of hydrogen-bond acceptors (Lipinski definition) is 5. The molecule has 3 N–H and O–H groups in total. The molecule has 8 heteroatoms. The fraction of sp³-hybridized carbons (Fsp3) is 0.552. The highest BCUT2D eigenvalue weighted by Gasteiger charge is 2.35. The summed E-state index contributed by atoms with van der Waals surface area (Å²) in [6.07, 6.45) is 4.94. The van der Waals surface area contributed by atoms with Gasteiger partial charge in [-0.25, -0.2) is 4.98 Å². The lowest BCUT2D eigenvalue weighted by atomic mass is 9.75. The van der Waals surface area contributed by atoms with Crippen molar-refractivity contribution in [2.24, 2.45) is 5.41 Å². The number of aromatic amines is 2. The maximum absolute atomic E-state index is 13.4. The minimum Gasteiger partial charge on any atom is -0.493 e. The monoisotopic (exact) mass is 507 g/mol. The number of hydrogen-bond donors (Lipinski definition) is 3. The topological polar surface area (TPSA) is 103 Å². The molecule has 1 atom stereocenters. The van der Waals surface area contributed by atoms with Gasteiger partial charge in [-0.3, -0.25) is 9.59 Å². The lowest BCUT2D eigenvalue weighted by Crippen LogP contribution is -2.30. The average Bonchev–Trinajstić information content (AvgIpc) is 3.39. The van der Waals surface area contributed by atoms with Crippen molar-refractivity contribution in [3.05, 3.63) is 46.5 Å². The highest BCUT2D eigenvalue weighted by molar-refractivity contribution is 6.04. The molecule has 0 fully saturated rings. The Morgan fingerprint density at radius 3 is 2.73 bits per heavy atom. The first-order chi connectivity index (χ1) is 17.6. The van der Waals surface area contributed by atoms with E-state index < -0.39 is 0 Å². The molecule has 1 aliphatic carbocycles. The van der Waals surface area contributed by atoms with E-state index in [1.165, 1.54) is 0 Å². The van der Waals surface area contributed by atoms with Crippen LogP contribution in [0, 0.1) is 12.3 Å². The van der Waals surface area contributed by atoms with E-state index in [1.807, 2.05) is 25.1 Å². The SMILES string of the molecule is CCCC[C@H](NC(=O)c1[nH]c2c(c1C)C(=O)CC(C)(C)C2)c1nc2ccc(OCCCN(C)C)cc2[nH]1. The number of amides is 1. The van der Waals surface area contributed by atoms with Crippen molar-refractivity contribution in [3.8, 4) is 5.75 Å². The smallest absolute Gasteiger partial charge is 0.268 e. The molecule has 0 radical (unpaired) electrons. The van der Waals surface area contributed by atoms with E-state index in [1.54, 1.807) is 0 Å². The number of Topliss-reactive ketones (excluding diaryl/α,β-unsaturated/α-hetero) is 1. The third kappa shape index (κ3) is 6.24. The molecule has 1 aromatic carbocycles. The summed E-state index contributed by atoms with van der Waals surface area (Å²) in [6.45, 7) is 9.80. The molecule has 0 spiro atoms. The Balaban J connectivity index is 1.53. The summed E-state index contributed by atoms with van der Waals surface area (Å²) in [5, 5.41) is 3.19. The predicted molar refractivity (Wildman–Crippen MR) is 146 cm³/mol. The summed E-state index contributed by atoms with van der Waals surface area (Å²) < 4.78 is 5.92. The van der Waals surface area contributed by atoms with Gasteiger partial charge in [-0.15, -0.1) is 0 Å². The number of ether oxygens (including phenoxy) is 1. The molecule has 4 rings (SSSR count). The van der Waals surface area contributed by atoms with E-state index in [0.717, 1.165) is 72.5 Å². The molecular weight excluding hydrogens is 466 g/mol. The van der Waals surface area contributed by atoms with Gasteiger partial charge < -0.3 is 24.9 Å². The molecule has 0 saturated carbocycles. The van der Waals surface area contributed by atoms with Crippen LogP contribution in [-0.4, -0.2) is 58.8 Å². The van der Waals surface area contributed by atoms with E-state index >= 15 is 0 Å². The molecule has 1 aliphatic rings. The molecular formula is C29H41N5O3. The fourth-order valence-corrected chi connectivity index (χ4v) is 5.21. The first-order valence-corrected chi connectivity index (χ1v) is 13.4. The first-order valence-electron chi connectivity index (χ1n) is 13.4. The molecule has 1 amide bonds. The van der Waals surface area contributed by atoms with Gasteiger partial charge in [0, 0.05) is 30.3 Å². The number of imidazole rings is 1. The Hall–Kier alpha value is -3.13. The maximum Gasteiger partial charge on any atom is 0.268 e. The van der Waals surface area contributed by atoms with Gasteiger partial charge in [-0.1, -0.05) is 33.6 Å². The second kappa shape index (κ2) is 11.1. The van der Waals surface area contributed by atoms with Gasteiger partial charge in [0.1, 0.15) is 17.3 Å². The van der Waals surface area contributed by atoms with Gasteiger partial charge >= 0.3 is 0 Å². The standard InChI is InChI=1S/C29H41N5O3/c1-7-8-10-21(27-31-20-12-11-19(15-22(20)32-27)37-14-9-13-34(5)6)33-28(36)26-18(2)25-23(30-26)16-29(3,4)17-24(25)35/h11-12,15,21,30H,7-10,13-14,16-17H2,1-6H3,(H,31,32)(H,33,36)/t21-/m0/s1. The van der Waals surface area contributed by atoms with Crippen molar-refractivity contribution in [2.45, 2.75) is 72.3 Å². The van der Waals surface area contributed by atoms with Crippen LogP contribution in [0.1, 0.15) is 96.8 Å². The number of unbranched alkanes of at least 4 members (excludes halogenated alkanes) is 1. The van der Waals surface area contributed by atoms with Gasteiger partial charge in [0.2, 0.25) is 0 Å². The third-order valence-corrected chi connectivity index (χ3v) is 7.10. The van der Waals surface area contributed by atoms with Crippen LogP contribution in [0.5, 0.6) is 5.75 Å². The van der Waals surface area contributed by atoms with Gasteiger partial charge in [-0.05, 0) is 63.4 Å². The summed E-state index contributed by atoms with van der Waals surface area (Å²) in [5.41, 5.74) is 4.39. The van der Waals surface area contributed by atoms with E-state index in [-0.39, 0.29) is 23.1 Å². The number of H-pyrrole nitrogens is 2. The summed E-state index contributed by atoms with van der Waals surface area (Å²) in [6, 6.07) is 5.59. The minimum absolute atomic E-state index is 0.109. The van der Waals surface area contributed by atoms with Crippen LogP contribution in [0.4, 0.5) is 0 Å². The maximum atomic E-state index is 13.4. The van der Waals surface area contributed by atoms with Crippen molar-refractivity contribution in [2.75, 3.05) is 27.2 Å². The minimum atomic E-state index is -0.267. The number of carbonyl (C=O) groups is 2. The summed E-state index contributed by atoms with van der Waals surface area (Å²) >= 11 is 0. The zero-order valence-corrected chi connectivity index (χ0v) is 23.1. The normalized spacial score (nSPS) is 15.7. The molecule has 2 heterocycles. The van der Waals surface area contributed by atoms with Crippen LogP contribution in [0.15, 0.2) is 18.2 Å². The number of benzene rings is 1. The van der Waals surface area contributed by atoms with E-state index in [0.29, 0.717) is 24.3 Å². The Kier molecular flexibility index (Phi) is 8.07. The quantitative estimate of drug-likeness (QED) is 0.304. The largest absolute Gasteiger partial charge is 0.493 e. The van der Waals surface area contributed by atoms with Gasteiger partial charge in [0.15, 0.2) is 5.78 Å². The predicted octanol–water partition coefficient (Wildman–Crippen LogP) is 5.35. The third-order valence-electron chi connectivity index (χ3n) is 7.10. The van der Waals surface area contributed by atoms with Crippen LogP contribution in [0.3, 0.4) is 0 Å². The van der Waals surface area contributed by atoms with Crippen LogP contribution < -0.4 is 10.1 Å². The van der Waals surface area contributed by atoms with Gasteiger partial charge in [0.25, 0.3) is 5.91 Å². The Morgan fingerprint density at radius 1 is 1.22 bits per heavy atom. The summed E-state index contributed by atoms with van der Waals surface area (Å²) in [4.78, 5) is 39.9. The molecule has 2 aromatic heterocycles. The number of nitrogens with one attached hydrogen (secondary N) is 3. The molecule has 3 aromatic rings. The van der Waals surface area contributed by atoms with Crippen LogP contribution in [0.2, 0.25) is 0 Å². The van der Waals surface area contributed by atoms with Crippen LogP contribution in [0.25, 0.3) is 11.0 Å². The number of fused-ring (bicyclic) bond motifs is 2. The molecule has 0 unspecified atom stereocenters. The lowest BCUT2D eigenvalue weighted by molar-refractivity contribution is 0.0908. The van der Waals surface area contributed by atoms with Gasteiger partial charge in [-0.2, -0.15) is 0 Å². The molecule has 0 aliphatic heterocycles. The number of rotatable bonds is 11. The summed E-state index contributed by atoms with van der Waals surface area (Å²) in [7, 11) is 4.11. The zero-order chi connectivity index (χ0) is 26.7. The lowest BCUT2D eigenvalue weighted by Gasteiger charge is -2.28. The second-order valence-corrected chi connectivity index (χ2v) is 11.4. The first kappa shape index (κ1) is 26.9. The molecule has 37 heavy (non-hydrogen) atoms. The molecule has 200 valence electrons. The number of nitrogens with zero attached hydrogens (tertiary/aromatic N) is 2. The Labute approximate surface area is 219 Å². The fourth-order valence-electron chi connectivity index (χ4n) is 5.21. The number of aromatic nitrogens is 3. The Morgan fingerprint density at radius 2 is 2.00 bits per heavy atom. The Bertz CT molecular complexity index is 1270.